The van der Waals surface area contributed by atoms with Crippen LogP contribution in [0.4, 0.5) is 0 Å². The van der Waals surface area contributed by atoms with Crippen molar-refractivity contribution in [3.63, 3.8) is 0 Å². The molecule has 0 N–H and O–H groups in total. The van der Waals surface area contributed by atoms with Crippen LogP contribution >= 0.6 is 0 Å². The highest BCUT2D eigenvalue weighted by molar-refractivity contribution is 5.23. The predicted octanol–water partition coefficient (Wildman–Crippen LogP) is 5.87. The van der Waals surface area contributed by atoms with E-state index in [-0.39, 0.29) is 5.54 Å². The molecule has 0 amide bonds. The van der Waals surface area contributed by atoms with E-state index in [1.165, 1.54) is 0 Å². The van der Waals surface area contributed by atoms with Gasteiger partial charge in [0.2, 0.25) is 0 Å². The Kier molecular flexibility index (Phi) is 8.69. The molecule has 0 spiro atoms. The van der Waals surface area contributed by atoms with Crippen LogP contribution < -0.4 is 4.74 Å². The fourth-order valence-corrected chi connectivity index (χ4v) is 3.67. The molecule has 0 radical (unpaired) electrons. The van der Waals surface area contributed by atoms with Gasteiger partial charge in [0.15, 0.2) is 0 Å². The molecule has 0 unspecified atom stereocenters. The van der Waals surface area contributed by atoms with Gasteiger partial charge >= 0.3 is 0 Å². The number of likely N-dealkylation sites (N-methyl/N-ethyl adjacent to an activating group) is 1. The molecule has 0 aliphatic carbocycles. The molecular formula is C23H40NO2+. The minimum Gasteiger partial charge on any atom is -0.466 e. The lowest BCUT2D eigenvalue weighted by Crippen LogP contribution is -2.60. The SMILES string of the molecule is CCOC(=CC(CC(C)C)(CC(C)C)[N+](C)(C)CC)Oc1ccccc1. The first-order chi connectivity index (χ1) is 12.2. The van der Waals surface area contributed by atoms with E-state index >= 15 is 0 Å². The third kappa shape index (κ3) is 6.35. The highest BCUT2D eigenvalue weighted by Gasteiger charge is 2.45. The van der Waals surface area contributed by atoms with Crippen LogP contribution in [0.25, 0.3) is 0 Å². The van der Waals surface area contributed by atoms with Crippen molar-refractivity contribution in [3.8, 4) is 5.75 Å². The van der Waals surface area contributed by atoms with Gasteiger partial charge in [0.25, 0.3) is 5.95 Å². The quantitative estimate of drug-likeness (QED) is 0.362. The molecule has 0 saturated carbocycles. The fourth-order valence-electron chi connectivity index (χ4n) is 3.67. The largest absolute Gasteiger partial charge is 0.466 e. The maximum absolute atomic E-state index is 6.14. The van der Waals surface area contributed by atoms with Crippen molar-refractivity contribution in [2.24, 2.45) is 11.8 Å². The average molecular weight is 363 g/mol. The standard InChI is InChI=1S/C23H40NO2/c1-9-24(7,8)23(16-19(3)4,17-20(5)6)18-22(25-10-2)26-21-14-12-11-13-15-21/h11-15,18-20H,9-10,16-17H2,1-8H3/q+1. The second-order valence-corrected chi connectivity index (χ2v) is 8.61. The van der Waals surface area contributed by atoms with E-state index in [0.717, 1.165) is 29.6 Å². The van der Waals surface area contributed by atoms with Gasteiger partial charge in [0, 0.05) is 12.8 Å². The van der Waals surface area contributed by atoms with Crippen LogP contribution in [0.3, 0.4) is 0 Å². The summed E-state index contributed by atoms with van der Waals surface area (Å²) >= 11 is 0. The van der Waals surface area contributed by atoms with Gasteiger partial charge in [-0.25, -0.2) is 0 Å². The zero-order valence-electron chi connectivity index (χ0n) is 18.2. The molecule has 1 rings (SSSR count). The van der Waals surface area contributed by atoms with Crippen LogP contribution in [0, 0.1) is 11.8 Å². The van der Waals surface area contributed by atoms with Crippen molar-refractivity contribution in [1.29, 1.82) is 0 Å². The van der Waals surface area contributed by atoms with Crippen LogP contribution in [0.1, 0.15) is 54.4 Å². The Morgan fingerprint density at radius 3 is 1.96 bits per heavy atom. The summed E-state index contributed by atoms with van der Waals surface area (Å²) in [4.78, 5) is 0. The number of ether oxygens (including phenoxy) is 2. The van der Waals surface area contributed by atoms with E-state index in [0.29, 0.717) is 24.4 Å². The average Bonchev–Trinajstić information content (AvgIpc) is 2.54. The summed E-state index contributed by atoms with van der Waals surface area (Å²) in [5.74, 6) is 2.62. The molecule has 3 heteroatoms. The van der Waals surface area contributed by atoms with E-state index in [1.54, 1.807) is 0 Å². The van der Waals surface area contributed by atoms with E-state index < -0.39 is 0 Å². The first-order valence-corrected chi connectivity index (χ1v) is 10.1. The van der Waals surface area contributed by atoms with Crippen molar-refractivity contribution in [2.75, 3.05) is 27.2 Å². The summed E-state index contributed by atoms with van der Waals surface area (Å²) in [6.45, 7) is 15.1. The lowest BCUT2D eigenvalue weighted by Gasteiger charge is -2.48. The molecule has 0 bridgehead atoms. The van der Waals surface area contributed by atoms with Crippen molar-refractivity contribution in [1.82, 2.24) is 0 Å². The molecule has 3 nitrogen and oxygen atoms in total. The summed E-state index contributed by atoms with van der Waals surface area (Å²) in [5, 5.41) is 0. The Hall–Kier alpha value is -1.48. The Morgan fingerprint density at radius 1 is 1.00 bits per heavy atom. The van der Waals surface area contributed by atoms with Crippen molar-refractivity contribution < 1.29 is 14.0 Å². The van der Waals surface area contributed by atoms with Crippen LogP contribution in [0.2, 0.25) is 0 Å². The molecule has 1 aromatic carbocycles. The van der Waals surface area contributed by atoms with Gasteiger partial charge in [-0.1, -0.05) is 45.9 Å². The van der Waals surface area contributed by atoms with Crippen molar-refractivity contribution >= 4 is 0 Å². The third-order valence-corrected chi connectivity index (χ3v) is 5.15. The second-order valence-electron chi connectivity index (χ2n) is 8.61. The number of hydrogen-bond donors (Lipinski definition) is 0. The van der Waals surface area contributed by atoms with Crippen LogP contribution in [-0.4, -0.2) is 37.3 Å². The molecule has 0 aromatic heterocycles. The Balaban J connectivity index is 3.40. The second kappa shape index (κ2) is 10.0. The van der Waals surface area contributed by atoms with Crippen molar-refractivity contribution in [2.45, 2.75) is 59.9 Å². The maximum Gasteiger partial charge on any atom is 0.286 e. The van der Waals surface area contributed by atoms with Gasteiger partial charge in [-0.05, 0) is 37.8 Å². The first-order valence-electron chi connectivity index (χ1n) is 10.1. The van der Waals surface area contributed by atoms with Gasteiger partial charge in [0.1, 0.15) is 11.3 Å². The number of para-hydroxylation sites is 1. The smallest absolute Gasteiger partial charge is 0.286 e. The highest BCUT2D eigenvalue weighted by atomic mass is 16.7. The third-order valence-electron chi connectivity index (χ3n) is 5.15. The van der Waals surface area contributed by atoms with Gasteiger partial charge in [-0.15, -0.1) is 0 Å². The molecule has 148 valence electrons. The van der Waals surface area contributed by atoms with Crippen LogP contribution in [0.5, 0.6) is 5.75 Å². The highest BCUT2D eigenvalue weighted by Crippen LogP contribution is 2.37. The number of benzene rings is 1. The lowest BCUT2D eigenvalue weighted by atomic mass is 9.78. The predicted molar refractivity (Wildman–Crippen MR) is 111 cm³/mol. The maximum atomic E-state index is 6.14. The van der Waals surface area contributed by atoms with Gasteiger partial charge in [-0.2, -0.15) is 0 Å². The Bertz CT molecular complexity index is 537. The lowest BCUT2D eigenvalue weighted by molar-refractivity contribution is -0.934. The number of hydrogen-bond acceptors (Lipinski definition) is 2. The normalized spacial score (nSPS) is 13.4. The summed E-state index contributed by atoms with van der Waals surface area (Å²) in [5.41, 5.74) is -0.0314. The molecule has 0 aliphatic rings. The minimum atomic E-state index is -0.0314. The zero-order valence-corrected chi connectivity index (χ0v) is 18.2. The molecular weight excluding hydrogens is 322 g/mol. The molecule has 0 aliphatic heterocycles. The van der Waals surface area contributed by atoms with Gasteiger partial charge in [-0.3, -0.25) is 0 Å². The summed E-state index contributed by atoms with van der Waals surface area (Å²) < 4.78 is 13.0. The summed E-state index contributed by atoms with van der Waals surface area (Å²) in [6, 6.07) is 9.91. The van der Waals surface area contributed by atoms with E-state index in [4.69, 9.17) is 9.47 Å². The molecule has 1 aromatic rings. The minimum absolute atomic E-state index is 0.0314. The fraction of sp³-hybridized carbons (Fsp3) is 0.652. The molecule has 0 atom stereocenters. The topological polar surface area (TPSA) is 18.5 Å². The summed E-state index contributed by atoms with van der Waals surface area (Å²) in [6.07, 6.45) is 4.47. The first kappa shape index (κ1) is 22.6. The van der Waals surface area contributed by atoms with Gasteiger partial charge < -0.3 is 14.0 Å². The monoisotopic (exact) mass is 362 g/mol. The summed E-state index contributed by atoms with van der Waals surface area (Å²) in [7, 11) is 4.65. The molecule has 26 heavy (non-hydrogen) atoms. The van der Waals surface area contributed by atoms with Crippen molar-refractivity contribution in [3.05, 3.63) is 42.4 Å². The number of nitrogens with zero attached hydrogens (tertiary/aromatic N) is 1. The Labute approximate surface area is 161 Å². The zero-order chi connectivity index (χ0) is 19.8. The van der Waals surface area contributed by atoms with E-state index in [9.17, 15) is 0 Å². The number of rotatable bonds is 11. The molecule has 0 heterocycles. The van der Waals surface area contributed by atoms with Crippen LogP contribution in [-0.2, 0) is 4.74 Å². The van der Waals surface area contributed by atoms with E-state index in [1.807, 2.05) is 37.3 Å². The van der Waals surface area contributed by atoms with Gasteiger partial charge in [0.05, 0.1) is 33.3 Å². The molecule has 0 fully saturated rings. The van der Waals surface area contributed by atoms with E-state index in [2.05, 4.69) is 54.8 Å². The Morgan fingerprint density at radius 2 is 1.54 bits per heavy atom. The number of quaternary nitrogens is 1. The molecule has 0 saturated heterocycles. The van der Waals surface area contributed by atoms with Crippen LogP contribution in [0.15, 0.2) is 42.4 Å².